The van der Waals surface area contributed by atoms with Crippen LogP contribution >= 0.6 is 0 Å². The van der Waals surface area contributed by atoms with Crippen LogP contribution in [0.3, 0.4) is 0 Å². The topological polar surface area (TPSA) is 69.0 Å². The maximum absolute atomic E-state index is 6.10. The number of hydrogen-bond donors (Lipinski definition) is 0. The van der Waals surface area contributed by atoms with E-state index < -0.39 is 0 Å². The number of aliphatic imine (C=N–C) groups is 2. The van der Waals surface area contributed by atoms with E-state index in [1.165, 1.54) is 0 Å². The first-order chi connectivity index (χ1) is 20.8. The predicted octanol–water partition coefficient (Wildman–Crippen LogP) is 7.23. The third-order valence-electron chi connectivity index (χ3n) is 6.63. The Morgan fingerprint density at radius 2 is 0.905 bits per heavy atom. The number of aromatic nitrogens is 2. The van der Waals surface area contributed by atoms with Gasteiger partial charge in [-0.1, -0.05) is 97.1 Å². The molecule has 0 N–H and O–H groups in total. The molecule has 6 heteroatoms. The summed E-state index contributed by atoms with van der Waals surface area (Å²) in [6, 6.07) is 40.1. The fraction of sp³-hybridized carbons (Fsp3) is 0.167. The monoisotopic (exact) mass is 554 g/mol. The first-order valence-electron chi connectivity index (χ1n) is 14.0. The molecule has 5 rings (SSSR count). The molecule has 2 atom stereocenters. The molecule has 2 heterocycles. The highest BCUT2D eigenvalue weighted by atomic mass is 16.5. The zero-order valence-corrected chi connectivity index (χ0v) is 23.4. The lowest BCUT2D eigenvalue weighted by Crippen LogP contribution is -2.08. The van der Waals surface area contributed by atoms with Crippen molar-refractivity contribution in [2.24, 2.45) is 9.98 Å². The van der Waals surface area contributed by atoms with Crippen LogP contribution in [0.15, 0.2) is 144 Å². The molecule has 0 saturated heterocycles. The third-order valence-corrected chi connectivity index (χ3v) is 6.63. The second-order valence-electron chi connectivity index (χ2n) is 9.77. The smallest absolute Gasteiger partial charge is 0.0983 e. The Bertz CT molecular complexity index is 1390. The molecule has 0 aliphatic heterocycles. The largest absolute Gasteiger partial charge is 0.374 e. The van der Waals surface area contributed by atoms with Gasteiger partial charge in [-0.2, -0.15) is 0 Å². The molecule has 0 aliphatic carbocycles. The van der Waals surface area contributed by atoms with Gasteiger partial charge in [0.1, 0.15) is 0 Å². The van der Waals surface area contributed by atoms with Gasteiger partial charge in [-0.15, -0.1) is 0 Å². The van der Waals surface area contributed by atoms with Crippen molar-refractivity contribution in [3.8, 4) is 0 Å². The molecule has 0 amide bonds. The van der Waals surface area contributed by atoms with Crippen LogP contribution in [0, 0.1) is 0 Å². The van der Waals surface area contributed by atoms with Crippen molar-refractivity contribution in [3.63, 3.8) is 0 Å². The summed E-state index contributed by atoms with van der Waals surface area (Å²) in [5.74, 6) is 0. The highest BCUT2D eigenvalue weighted by Crippen LogP contribution is 2.20. The van der Waals surface area contributed by atoms with Gasteiger partial charge in [0.2, 0.25) is 0 Å². The van der Waals surface area contributed by atoms with Gasteiger partial charge >= 0.3 is 0 Å². The molecule has 2 aromatic heterocycles. The van der Waals surface area contributed by atoms with Crippen LogP contribution in [0.1, 0.15) is 45.7 Å². The maximum atomic E-state index is 6.10. The van der Waals surface area contributed by atoms with Crippen LogP contribution in [0.4, 0.5) is 0 Å². The fourth-order valence-electron chi connectivity index (χ4n) is 4.35. The van der Waals surface area contributed by atoms with E-state index in [0.29, 0.717) is 26.4 Å². The van der Waals surface area contributed by atoms with E-state index in [0.717, 1.165) is 33.6 Å². The number of rotatable bonds is 14. The lowest BCUT2D eigenvalue weighted by molar-refractivity contribution is 0.107. The van der Waals surface area contributed by atoms with E-state index in [4.69, 9.17) is 19.5 Å². The lowest BCUT2D eigenvalue weighted by atomic mass is 10.1. The molecule has 0 radical (unpaired) electrons. The number of ether oxygens (including phenoxy) is 2. The first-order valence-corrected chi connectivity index (χ1v) is 14.0. The van der Waals surface area contributed by atoms with Gasteiger partial charge < -0.3 is 9.47 Å². The van der Waals surface area contributed by atoms with Gasteiger partial charge in [0.15, 0.2) is 0 Å². The van der Waals surface area contributed by atoms with Crippen LogP contribution in [0.25, 0.3) is 0 Å². The van der Waals surface area contributed by atoms with E-state index >= 15 is 0 Å². The van der Waals surface area contributed by atoms with E-state index in [1.807, 2.05) is 85.2 Å². The minimum absolute atomic E-state index is 0.112. The molecule has 0 aliphatic rings. The summed E-state index contributed by atoms with van der Waals surface area (Å²) >= 11 is 0. The number of nitrogens with zero attached hydrogens (tertiary/aromatic N) is 4. The summed E-state index contributed by atoms with van der Waals surface area (Å²) in [5, 5.41) is 0. The average molecular weight is 555 g/mol. The fourth-order valence-corrected chi connectivity index (χ4v) is 4.35. The predicted molar refractivity (Wildman–Crippen MR) is 168 cm³/mol. The minimum Gasteiger partial charge on any atom is -0.374 e. The Hall–Kier alpha value is -4.78. The summed E-state index contributed by atoms with van der Waals surface area (Å²) in [4.78, 5) is 18.2. The van der Waals surface area contributed by atoms with Crippen molar-refractivity contribution in [1.82, 2.24) is 9.97 Å². The van der Waals surface area contributed by atoms with E-state index in [-0.39, 0.29) is 12.1 Å². The Kier molecular flexibility index (Phi) is 10.9. The molecule has 6 nitrogen and oxygen atoms in total. The Morgan fingerprint density at radius 1 is 0.500 bits per heavy atom. The molecule has 5 aromatic rings. The van der Waals surface area contributed by atoms with Crippen molar-refractivity contribution < 1.29 is 9.47 Å². The third kappa shape index (κ3) is 9.13. The Balaban J connectivity index is 1.13. The summed E-state index contributed by atoms with van der Waals surface area (Å²) in [6.45, 7) is 1.94. The molecular weight excluding hydrogens is 520 g/mol. The molecular formula is C36H34N4O2. The quantitative estimate of drug-likeness (QED) is 0.136. The highest BCUT2D eigenvalue weighted by Gasteiger charge is 2.11. The number of benzene rings is 3. The molecule has 42 heavy (non-hydrogen) atoms. The molecule has 0 unspecified atom stereocenters. The number of hydrogen-bond acceptors (Lipinski definition) is 6. The molecule has 0 spiro atoms. The van der Waals surface area contributed by atoms with Gasteiger partial charge in [0, 0.05) is 24.8 Å². The zero-order valence-electron chi connectivity index (χ0n) is 23.4. The zero-order chi connectivity index (χ0) is 28.7. The van der Waals surface area contributed by atoms with Crippen LogP contribution < -0.4 is 0 Å². The van der Waals surface area contributed by atoms with Crippen LogP contribution in [-0.2, 0) is 22.7 Å². The average Bonchev–Trinajstić information content (AvgIpc) is 3.06. The van der Waals surface area contributed by atoms with E-state index in [9.17, 15) is 0 Å². The van der Waals surface area contributed by atoms with Gasteiger partial charge in [-0.05, 0) is 46.5 Å². The molecule has 0 bridgehead atoms. The lowest BCUT2D eigenvalue weighted by Gasteiger charge is -2.14. The van der Waals surface area contributed by atoms with Crippen LogP contribution in [0.5, 0.6) is 0 Å². The van der Waals surface area contributed by atoms with Crippen molar-refractivity contribution in [2.45, 2.75) is 25.3 Å². The molecule has 210 valence electrons. The van der Waals surface area contributed by atoms with Crippen LogP contribution in [0.2, 0.25) is 0 Å². The Morgan fingerprint density at radius 3 is 1.29 bits per heavy atom. The van der Waals surface area contributed by atoms with Gasteiger partial charge in [0.25, 0.3) is 0 Å². The van der Waals surface area contributed by atoms with Gasteiger partial charge in [-0.3, -0.25) is 20.0 Å². The van der Waals surface area contributed by atoms with E-state index in [1.54, 1.807) is 12.4 Å². The molecule has 3 aromatic carbocycles. The molecule has 0 fully saturated rings. The SMILES string of the molecule is C(=N\[C@H](COCc1ccc(COC[C@@H](/N=C/c2ccccn2)c2ccccc2)cc1)c1ccccc1)/c1ccccn1. The van der Waals surface area contributed by atoms with Crippen molar-refractivity contribution in [1.29, 1.82) is 0 Å². The molecule has 0 saturated carbocycles. The van der Waals surface area contributed by atoms with Crippen molar-refractivity contribution in [3.05, 3.63) is 167 Å². The number of pyridine rings is 2. The second-order valence-corrected chi connectivity index (χ2v) is 9.77. The van der Waals surface area contributed by atoms with Crippen LogP contribution in [-0.4, -0.2) is 35.6 Å². The minimum atomic E-state index is -0.112. The highest BCUT2D eigenvalue weighted by molar-refractivity contribution is 5.77. The second kappa shape index (κ2) is 15.9. The first kappa shape index (κ1) is 28.7. The maximum Gasteiger partial charge on any atom is 0.0983 e. The van der Waals surface area contributed by atoms with Crippen molar-refractivity contribution in [2.75, 3.05) is 13.2 Å². The van der Waals surface area contributed by atoms with Crippen molar-refractivity contribution >= 4 is 12.4 Å². The summed E-state index contributed by atoms with van der Waals surface area (Å²) in [7, 11) is 0. The normalized spacial score (nSPS) is 13.0. The summed E-state index contributed by atoms with van der Waals surface area (Å²) < 4.78 is 12.2. The van der Waals surface area contributed by atoms with E-state index in [2.05, 4.69) is 58.5 Å². The summed E-state index contributed by atoms with van der Waals surface area (Å²) in [6.07, 6.45) is 7.15. The Labute approximate surface area is 247 Å². The van der Waals surface area contributed by atoms with Gasteiger partial charge in [-0.25, -0.2) is 0 Å². The standard InChI is InChI=1S/C36H34N4O2/c1-3-11-31(12-4-1)35(39-23-33-15-7-9-21-37-33)27-41-25-29-17-19-30(20-18-29)26-42-28-36(32-13-5-2-6-14-32)40-24-34-16-8-10-22-38-34/h1-24,35-36H,25-28H2/b39-23+,40-24+/t35-,36-/m1/s1. The summed E-state index contributed by atoms with van der Waals surface area (Å²) in [5.41, 5.74) is 6.06. The van der Waals surface area contributed by atoms with Gasteiger partial charge in [0.05, 0.1) is 49.9 Å².